The molecule has 0 radical (unpaired) electrons. The lowest BCUT2D eigenvalue weighted by Crippen LogP contribution is -1.98. The van der Waals surface area contributed by atoms with Crippen LogP contribution in [0.25, 0.3) is 0 Å². The molecule has 0 saturated heterocycles. The van der Waals surface area contributed by atoms with Gasteiger partial charge in [0.25, 0.3) is 0 Å². The molecular weight excluding hydrogens is 230 g/mol. The summed E-state index contributed by atoms with van der Waals surface area (Å²) in [6.07, 6.45) is 0. The van der Waals surface area contributed by atoms with Crippen LogP contribution in [-0.2, 0) is 11.1 Å². The van der Waals surface area contributed by atoms with Crippen LogP contribution >= 0.6 is 11.8 Å². The molecule has 6 heteroatoms. The molecule has 0 aromatic heterocycles. The van der Waals surface area contributed by atoms with Gasteiger partial charge in [-0.3, -0.25) is 4.21 Å². The molecule has 1 aromatic rings. The third kappa shape index (κ3) is 3.73. The molecule has 0 fully saturated rings. The Morgan fingerprint density at radius 3 is 2.71 bits per heavy atom. The number of halogens is 2. The number of thioether (sulfide) groups is 1. The standard InChI is InChI=1S/C8H8F2O2S2/c9-6-1-2-8(7(10)5-6)13-3-4-14(11)12/h1-2,5H,3-4H2,(H,11,12)/p-1. The van der Waals surface area contributed by atoms with Crippen molar-refractivity contribution in [2.45, 2.75) is 4.90 Å². The van der Waals surface area contributed by atoms with Crippen LogP contribution in [0.15, 0.2) is 23.1 Å². The monoisotopic (exact) mass is 237 g/mol. The molecule has 0 bridgehead atoms. The maximum absolute atomic E-state index is 13.0. The largest absolute Gasteiger partial charge is 0.772 e. The highest BCUT2D eigenvalue weighted by Gasteiger charge is 2.03. The number of benzene rings is 1. The SMILES string of the molecule is O=S([O-])CCSc1ccc(F)cc1F. The van der Waals surface area contributed by atoms with E-state index in [0.29, 0.717) is 0 Å². The maximum Gasteiger partial charge on any atom is 0.139 e. The second kappa shape index (κ2) is 5.43. The lowest BCUT2D eigenvalue weighted by molar-refractivity contribution is 0.538. The summed E-state index contributed by atoms with van der Waals surface area (Å²) in [5.41, 5.74) is 0. The summed E-state index contributed by atoms with van der Waals surface area (Å²) in [6.45, 7) is 0. The van der Waals surface area contributed by atoms with Gasteiger partial charge >= 0.3 is 0 Å². The molecule has 14 heavy (non-hydrogen) atoms. The molecule has 0 heterocycles. The predicted octanol–water partition coefficient (Wildman–Crippen LogP) is 1.94. The first-order chi connectivity index (χ1) is 6.59. The van der Waals surface area contributed by atoms with Gasteiger partial charge in [0.1, 0.15) is 11.6 Å². The van der Waals surface area contributed by atoms with E-state index in [1.165, 1.54) is 6.07 Å². The van der Waals surface area contributed by atoms with Crippen LogP contribution in [0.3, 0.4) is 0 Å². The summed E-state index contributed by atoms with van der Waals surface area (Å²) in [6, 6.07) is 3.21. The second-order valence-electron chi connectivity index (χ2n) is 2.43. The van der Waals surface area contributed by atoms with Crippen molar-refractivity contribution in [3.8, 4) is 0 Å². The van der Waals surface area contributed by atoms with Crippen LogP contribution in [0.4, 0.5) is 8.78 Å². The fourth-order valence-electron chi connectivity index (χ4n) is 0.812. The van der Waals surface area contributed by atoms with E-state index >= 15 is 0 Å². The molecule has 0 N–H and O–H groups in total. The Labute approximate surface area is 87.0 Å². The minimum Gasteiger partial charge on any atom is -0.772 e. The van der Waals surface area contributed by atoms with E-state index in [0.717, 1.165) is 23.9 Å². The van der Waals surface area contributed by atoms with Gasteiger partial charge in [-0.25, -0.2) is 8.78 Å². The number of hydrogen-bond acceptors (Lipinski definition) is 3. The van der Waals surface area contributed by atoms with Gasteiger partial charge in [-0.1, -0.05) is 11.1 Å². The van der Waals surface area contributed by atoms with Gasteiger partial charge in [0, 0.05) is 22.5 Å². The molecule has 1 aromatic carbocycles. The van der Waals surface area contributed by atoms with E-state index in [1.807, 2.05) is 0 Å². The normalized spacial score (nSPS) is 12.8. The van der Waals surface area contributed by atoms with Crippen LogP contribution in [-0.4, -0.2) is 20.3 Å². The van der Waals surface area contributed by atoms with Crippen molar-refractivity contribution in [1.82, 2.24) is 0 Å². The van der Waals surface area contributed by atoms with Gasteiger partial charge in [0.2, 0.25) is 0 Å². The van der Waals surface area contributed by atoms with Gasteiger partial charge in [0.15, 0.2) is 0 Å². The van der Waals surface area contributed by atoms with E-state index < -0.39 is 22.7 Å². The van der Waals surface area contributed by atoms with Crippen molar-refractivity contribution in [3.05, 3.63) is 29.8 Å². The van der Waals surface area contributed by atoms with Gasteiger partial charge in [-0.15, -0.1) is 11.8 Å². The summed E-state index contributed by atoms with van der Waals surface area (Å²) < 4.78 is 45.7. The van der Waals surface area contributed by atoms with Gasteiger partial charge in [-0.2, -0.15) is 0 Å². The molecule has 0 aliphatic carbocycles. The first-order valence-corrected chi connectivity index (χ1v) is 5.96. The molecule has 1 unspecified atom stereocenters. The summed E-state index contributed by atoms with van der Waals surface area (Å²) in [7, 11) is 0. The van der Waals surface area contributed by atoms with E-state index in [1.54, 1.807) is 0 Å². The molecule has 0 aliphatic heterocycles. The topological polar surface area (TPSA) is 40.1 Å². The van der Waals surface area contributed by atoms with Crippen LogP contribution in [0.2, 0.25) is 0 Å². The summed E-state index contributed by atoms with van der Waals surface area (Å²) in [5, 5.41) is 0. The first kappa shape index (κ1) is 11.6. The summed E-state index contributed by atoms with van der Waals surface area (Å²) >= 11 is -1.07. The minimum absolute atomic E-state index is 0.0402. The van der Waals surface area contributed by atoms with Crippen LogP contribution in [0.5, 0.6) is 0 Å². The Morgan fingerprint density at radius 1 is 1.43 bits per heavy atom. The Kier molecular flexibility index (Phi) is 4.50. The molecule has 2 nitrogen and oxygen atoms in total. The minimum atomic E-state index is -2.12. The molecule has 0 spiro atoms. The van der Waals surface area contributed by atoms with Gasteiger partial charge in [-0.05, 0) is 12.1 Å². The Bertz CT molecular complexity index is 344. The Morgan fingerprint density at radius 2 is 2.14 bits per heavy atom. The van der Waals surface area contributed by atoms with E-state index in [9.17, 15) is 17.5 Å². The highest BCUT2D eigenvalue weighted by Crippen LogP contribution is 2.21. The predicted molar refractivity (Wildman–Crippen MR) is 50.9 cm³/mol. The van der Waals surface area contributed by atoms with Crippen LogP contribution < -0.4 is 0 Å². The lowest BCUT2D eigenvalue weighted by atomic mass is 10.3. The Hall–Kier alpha value is -0.460. The lowest BCUT2D eigenvalue weighted by Gasteiger charge is -2.05. The summed E-state index contributed by atoms with van der Waals surface area (Å²) in [4.78, 5) is 0.261. The zero-order chi connectivity index (χ0) is 10.6. The van der Waals surface area contributed by atoms with E-state index in [4.69, 9.17) is 0 Å². The van der Waals surface area contributed by atoms with Crippen molar-refractivity contribution in [2.24, 2.45) is 0 Å². The highest BCUT2D eigenvalue weighted by molar-refractivity contribution is 8.00. The fraction of sp³-hybridized carbons (Fsp3) is 0.250. The third-order valence-electron chi connectivity index (χ3n) is 1.40. The molecule has 78 valence electrons. The van der Waals surface area contributed by atoms with Crippen LogP contribution in [0, 0.1) is 11.6 Å². The average molecular weight is 237 g/mol. The molecule has 1 atom stereocenters. The molecule has 0 saturated carbocycles. The third-order valence-corrected chi connectivity index (χ3v) is 3.25. The highest BCUT2D eigenvalue weighted by atomic mass is 32.2. The smallest absolute Gasteiger partial charge is 0.139 e. The molecular formula is C8H7F2O2S2-. The maximum atomic E-state index is 13.0. The van der Waals surface area contributed by atoms with E-state index in [-0.39, 0.29) is 16.4 Å². The number of rotatable bonds is 4. The van der Waals surface area contributed by atoms with E-state index in [2.05, 4.69) is 0 Å². The molecule has 1 rings (SSSR count). The second-order valence-corrected chi connectivity index (χ2v) is 4.58. The van der Waals surface area contributed by atoms with Crippen molar-refractivity contribution in [1.29, 1.82) is 0 Å². The van der Waals surface area contributed by atoms with Crippen LogP contribution in [0.1, 0.15) is 0 Å². The Balaban J connectivity index is 2.55. The molecule has 0 aliphatic rings. The zero-order valence-corrected chi connectivity index (χ0v) is 8.67. The summed E-state index contributed by atoms with van der Waals surface area (Å²) in [5.74, 6) is -1.08. The quantitative estimate of drug-likeness (QED) is 0.593. The zero-order valence-electron chi connectivity index (χ0n) is 7.04. The van der Waals surface area contributed by atoms with Crippen molar-refractivity contribution >= 4 is 22.8 Å². The first-order valence-electron chi connectivity index (χ1n) is 3.73. The van der Waals surface area contributed by atoms with Crippen molar-refractivity contribution in [3.63, 3.8) is 0 Å². The fourth-order valence-corrected chi connectivity index (χ4v) is 2.27. The average Bonchev–Trinajstić information content (AvgIpc) is 2.08. The van der Waals surface area contributed by atoms with Gasteiger partial charge in [0.05, 0.1) is 0 Å². The van der Waals surface area contributed by atoms with Crippen molar-refractivity contribution < 1.29 is 17.5 Å². The molecule has 0 amide bonds. The number of hydrogen-bond donors (Lipinski definition) is 0. The van der Waals surface area contributed by atoms with Crippen molar-refractivity contribution in [2.75, 3.05) is 11.5 Å². The van der Waals surface area contributed by atoms with Gasteiger partial charge < -0.3 is 4.55 Å².